The molecule has 0 atom stereocenters. The van der Waals surface area contributed by atoms with Crippen molar-refractivity contribution >= 4 is 6.09 Å². The summed E-state index contributed by atoms with van der Waals surface area (Å²) in [4.78, 5) is 14.1. The maximum absolute atomic E-state index is 12.3. The maximum Gasteiger partial charge on any atom is 0.410 e. The van der Waals surface area contributed by atoms with E-state index in [0.717, 1.165) is 22.3 Å². The van der Waals surface area contributed by atoms with E-state index in [-0.39, 0.29) is 12.7 Å². The Hall–Kier alpha value is -2.33. The molecule has 3 rings (SSSR count). The first kappa shape index (κ1) is 16.5. The predicted molar refractivity (Wildman–Crippen MR) is 93.3 cm³/mol. The summed E-state index contributed by atoms with van der Waals surface area (Å²) >= 11 is 0. The number of aliphatic hydroxyl groups is 1. The summed E-state index contributed by atoms with van der Waals surface area (Å²) in [5, 5.41) is 9.18. The van der Waals surface area contributed by atoms with Crippen LogP contribution in [0, 0.1) is 0 Å². The first-order valence-corrected chi connectivity index (χ1v) is 8.16. The Balaban J connectivity index is 1.86. The molecule has 0 saturated carbocycles. The van der Waals surface area contributed by atoms with Crippen molar-refractivity contribution in [1.82, 2.24) is 4.90 Å². The molecule has 1 N–H and O–H groups in total. The summed E-state index contributed by atoms with van der Waals surface area (Å²) in [6, 6.07) is 14.0. The lowest BCUT2D eigenvalue weighted by Gasteiger charge is -2.24. The summed E-state index contributed by atoms with van der Waals surface area (Å²) < 4.78 is 5.49. The van der Waals surface area contributed by atoms with E-state index < -0.39 is 5.60 Å². The van der Waals surface area contributed by atoms with Crippen LogP contribution in [-0.2, 0) is 24.4 Å². The minimum Gasteiger partial charge on any atom is -0.444 e. The molecule has 0 spiro atoms. The van der Waals surface area contributed by atoms with Gasteiger partial charge in [-0.25, -0.2) is 4.79 Å². The third kappa shape index (κ3) is 3.44. The summed E-state index contributed by atoms with van der Waals surface area (Å²) in [6.07, 6.45) is -0.278. The van der Waals surface area contributed by atoms with Crippen molar-refractivity contribution in [3.8, 4) is 11.1 Å². The van der Waals surface area contributed by atoms with Gasteiger partial charge in [-0.05, 0) is 48.6 Å². The third-order valence-corrected chi connectivity index (χ3v) is 4.08. The number of benzene rings is 2. The highest BCUT2D eigenvalue weighted by molar-refractivity contribution is 5.74. The van der Waals surface area contributed by atoms with E-state index in [1.54, 1.807) is 4.90 Å². The SMILES string of the molecule is CC(C)(C)OC(=O)N1Cc2cccc(-c3ccc(CO)cc3)c2C1. The van der Waals surface area contributed by atoms with Gasteiger partial charge in [0.15, 0.2) is 0 Å². The van der Waals surface area contributed by atoms with E-state index in [4.69, 9.17) is 4.74 Å². The van der Waals surface area contributed by atoms with Gasteiger partial charge in [0.1, 0.15) is 5.60 Å². The number of amides is 1. The second-order valence-electron chi connectivity index (χ2n) is 7.13. The molecule has 0 aliphatic carbocycles. The van der Waals surface area contributed by atoms with Gasteiger partial charge in [0.05, 0.1) is 13.2 Å². The number of nitrogens with zero attached hydrogens (tertiary/aromatic N) is 1. The number of rotatable bonds is 2. The average molecular weight is 325 g/mol. The highest BCUT2D eigenvalue weighted by Gasteiger charge is 2.29. The number of carbonyl (C=O) groups is 1. The minimum absolute atomic E-state index is 0.0413. The van der Waals surface area contributed by atoms with Gasteiger partial charge in [0.2, 0.25) is 0 Å². The van der Waals surface area contributed by atoms with E-state index in [1.165, 1.54) is 5.56 Å². The summed E-state index contributed by atoms with van der Waals surface area (Å²) in [7, 11) is 0. The van der Waals surface area contributed by atoms with E-state index in [0.29, 0.717) is 13.1 Å². The summed E-state index contributed by atoms with van der Waals surface area (Å²) in [5.74, 6) is 0. The van der Waals surface area contributed by atoms with Gasteiger partial charge in [-0.15, -0.1) is 0 Å². The van der Waals surface area contributed by atoms with Crippen LogP contribution in [0.4, 0.5) is 4.79 Å². The van der Waals surface area contributed by atoms with Crippen LogP contribution in [0.1, 0.15) is 37.5 Å². The lowest BCUT2D eigenvalue weighted by Crippen LogP contribution is -2.33. The van der Waals surface area contributed by atoms with Gasteiger partial charge in [-0.3, -0.25) is 4.90 Å². The van der Waals surface area contributed by atoms with Crippen LogP contribution in [-0.4, -0.2) is 21.7 Å². The largest absolute Gasteiger partial charge is 0.444 e. The average Bonchev–Trinajstić information content (AvgIpc) is 2.97. The van der Waals surface area contributed by atoms with Gasteiger partial charge in [-0.2, -0.15) is 0 Å². The van der Waals surface area contributed by atoms with Crippen molar-refractivity contribution in [3.63, 3.8) is 0 Å². The summed E-state index contributed by atoms with van der Waals surface area (Å²) in [5.41, 5.74) is 4.94. The Labute approximate surface area is 142 Å². The van der Waals surface area contributed by atoms with Crippen LogP contribution in [0.2, 0.25) is 0 Å². The fraction of sp³-hybridized carbons (Fsp3) is 0.350. The minimum atomic E-state index is -0.491. The molecule has 0 unspecified atom stereocenters. The molecule has 4 heteroatoms. The summed E-state index contributed by atoms with van der Waals surface area (Å²) in [6.45, 7) is 6.81. The van der Waals surface area contributed by atoms with Crippen LogP contribution >= 0.6 is 0 Å². The highest BCUT2D eigenvalue weighted by atomic mass is 16.6. The molecule has 1 aliphatic heterocycles. The molecule has 0 radical (unpaired) electrons. The molecule has 0 aromatic heterocycles. The zero-order chi connectivity index (χ0) is 17.3. The van der Waals surface area contributed by atoms with Crippen LogP contribution < -0.4 is 0 Å². The first-order chi connectivity index (χ1) is 11.4. The molecule has 126 valence electrons. The van der Waals surface area contributed by atoms with Crippen molar-refractivity contribution in [2.75, 3.05) is 0 Å². The Morgan fingerprint density at radius 2 is 1.83 bits per heavy atom. The Kier molecular flexibility index (Phi) is 4.33. The monoisotopic (exact) mass is 325 g/mol. The molecular formula is C20H23NO3. The van der Waals surface area contributed by atoms with E-state index in [9.17, 15) is 9.90 Å². The van der Waals surface area contributed by atoms with Crippen molar-refractivity contribution in [2.24, 2.45) is 0 Å². The lowest BCUT2D eigenvalue weighted by atomic mass is 9.96. The molecule has 4 nitrogen and oxygen atoms in total. The highest BCUT2D eigenvalue weighted by Crippen LogP contribution is 2.33. The zero-order valence-electron chi connectivity index (χ0n) is 14.4. The van der Waals surface area contributed by atoms with Crippen LogP contribution in [0.15, 0.2) is 42.5 Å². The number of ether oxygens (including phenoxy) is 1. The molecule has 2 aromatic rings. The van der Waals surface area contributed by atoms with Crippen LogP contribution in [0.25, 0.3) is 11.1 Å². The second-order valence-corrected chi connectivity index (χ2v) is 7.13. The van der Waals surface area contributed by atoms with Gasteiger partial charge < -0.3 is 9.84 Å². The molecule has 1 heterocycles. The normalized spacial score (nSPS) is 13.8. The number of fused-ring (bicyclic) bond motifs is 1. The predicted octanol–water partition coefficient (Wildman–Crippen LogP) is 4.10. The van der Waals surface area contributed by atoms with Crippen molar-refractivity contribution in [3.05, 3.63) is 59.2 Å². The van der Waals surface area contributed by atoms with Gasteiger partial charge >= 0.3 is 6.09 Å². The van der Waals surface area contributed by atoms with Crippen molar-refractivity contribution in [1.29, 1.82) is 0 Å². The standard InChI is InChI=1S/C20H23NO3/c1-20(2,3)24-19(23)21-11-16-5-4-6-17(18(16)12-21)15-9-7-14(13-22)8-10-15/h4-10,22H,11-13H2,1-3H3. The van der Waals surface area contributed by atoms with Gasteiger partial charge in [-0.1, -0.05) is 42.5 Å². The van der Waals surface area contributed by atoms with E-state index in [1.807, 2.05) is 51.1 Å². The Bertz CT molecular complexity index is 744. The van der Waals surface area contributed by atoms with Gasteiger partial charge in [0, 0.05) is 6.54 Å². The number of carbonyl (C=O) groups excluding carboxylic acids is 1. The molecule has 24 heavy (non-hydrogen) atoms. The fourth-order valence-electron chi connectivity index (χ4n) is 2.94. The number of hydrogen-bond acceptors (Lipinski definition) is 3. The molecular weight excluding hydrogens is 302 g/mol. The molecule has 0 fully saturated rings. The van der Waals surface area contributed by atoms with E-state index >= 15 is 0 Å². The van der Waals surface area contributed by atoms with Crippen LogP contribution in [0.3, 0.4) is 0 Å². The van der Waals surface area contributed by atoms with Crippen molar-refractivity contribution < 1.29 is 14.6 Å². The lowest BCUT2D eigenvalue weighted by molar-refractivity contribution is 0.0242. The number of hydrogen-bond donors (Lipinski definition) is 1. The zero-order valence-corrected chi connectivity index (χ0v) is 14.4. The van der Waals surface area contributed by atoms with Crippen molar-refractivity contribution in [2.45, 2.75) is 46.1 Å². The quantitative estimate of drug-likeness (QED) is 0.904. The second kappa shape index (κ2) is 6.29. The Morgan fingerprint density at radius 1 is 1.12 bits per heavy atom. The molecule has 1 aliphatic rings. The van der Waals surface area contributed by atoms with E-state index in [2.05, 4.69) is 12.1 Å². The fourth-order valence-corrected chi connectivity index (χ4v) is 2.94. The van der Waals surface area contributed by atoms with Gasteiger partial charge in [0.25, 0.3) is 0 Å². The maximum atomic E-state index is 12.3. The Morgan fingerprint density at radius 3 is 2.46 bits per heavy atom. The van der Waals surface area contributed by atoms with Crippen LogP contribution in [0.5, 0.6) is 0 Å². The number of aliphatic hydroxyl groups excluding tert-OH is 1. The molecule has 0 saturated heterocycles. The smallest absolute Gasteiger partial charge is 0.410 e. The first-order valence-electron chi connectivity index (χ1n) is 8.16. The third-order valence-electron chi connectivity index (χ3n) is 4.08. The topological polar surface area (TPSA) is 49.8 Å². The molecule has 2 aromatic carbocycles. The molecule has 0 bridgehead atoms. The molecule has 1 amide bonds.